The molecule has 0 N–H and O–H groups in total. The van der Waals surface area contributed by atoms with E-state index in [4.69, 9.17) is 9.47 Å². The second-order valence-electron chi connectivity index (χ2n) is 11.8. The minimum absolute atomic E-state index is 0.222. The molecule has 3 aromatic carbocycles. The van der Waals surface area contributed by atoms with Crippen molar-refractivity contribution in [3.63, 3.8) is 0 Å². The quantitative estimate of drug-likeness (QED) is 0.290. The normalized spacial score (nSPS) is 13.4. The summed E-state index contributed by atoms with van der Waals surface area (Å²) >= 11 is 0. The number of aromatic nitrogens is 1. The Morgan fingerprint density at radius 3 is 1.62 bits per heavy atom. The van der Waals surface area contributed by atoms with Crippen molar-refractivity contribution in [1.29, 1.82) is 0 Å². The van der Waals surface area contributed by atoms with Gasteiger partial charge in [0.05, 0.1) is 14.2 Å². The molecule has 0 aliphatic carbocycles. The highest BCUT2D eigenvalue weighted by Crippen LogP contribution is 2.43. The first-order chi connectivity index (χ1) is 16.0. The number of benzene rings is 3. The van der Waals surface area contributed by atoms with Gasteiger partial charge in [0.1, 0.15) is 11.5 Å². The van der Waals surface area contributed by atoms with Gasteiger partial charge in [-0.15, -0.1) is 0 Å². The van der Waals surface area contributed by atoms with Crippen LogP contribution in [0.5, 0.6) is 11.5 Å². The van der Waals surface area contributed by atoms with E-state index < -0.39 is 0 Å². The maximum atomic E-state index is 5.51. The Kier molecular flexibility index (Phi) is 6.42. The van der Waals surface area contributed by atoms with E-state index in [1.165, 1.54) is 39.4 Å². The molecule has 3 nitrogen and oxygen atoms in total. The fourth-order valence-corrected chi connectivity index (χ4v) is 5.06. The first-order valence-corrected chi connectivity index (χ1v) is 12.2. The van der Waals surface area contributed by atoms with Crippen LogP contribution in [0.3, 0.4) is 0 Å². The van der Waals surface area contributed by atoms with Crippen molar-refractivity contribution < 1.29 is 9.47 Å². The van der Waals surface area contributed by atoms with Crippen LogP contribution in [0, 0.1) is 10.8 Å². The zero-order valence-corrected chi connectivity index (χ0v) is 22.0. The van der Waals surface area contributed by atoms with Crippen LogP contribution in [0.15, 0.2) is 60.7 Å². The lowest BCUT2D eigenvalue weighted by Crippen LogP contribution is -2.23. The zero-order chi connectivity index (χ0) is 24.7. The highest BCUT2D eigenvalue weighted by atomic mass is 16.5. The van der Waals surface area contributed by atoms with Crippen molar-refractivity contribution in [2.75, 3.05) is 14.2 Å². The summed E-state index contributed by atoms with van der Waals surface area (Å²) < 4.78 is 13.4. The van der Waals surface area contributed by atoms with Crippen molar-refractivity contribution in [1.82, 2.24) is 4.57 Å². The summed E-state index contributed by atoms with van der Waals surface area (Å²) in [6.45, 7) is 14.9. The van der Waals surface area contributed by atoms with Crippen LogP contribution in [0.2, 0.25) is 0 Å². The van der Waals surface area contributed by atoms with Gasteiger partial charge in [0.15, 0.2) is 0 Å². The molecule has 0 amide bonds. The van der Waals surface area contributed by atoms with E-state index in [2.05, 4.69) is 94.6 Å². The van der Waals surface area contributed by atoms with Gasteiger partial charge in [-0.3, -0.25) is 0 Å². The van der Waals surface area contributed by atoms with Gasteiger partial charge in [0.2, 0.25) is 0 Å². The maximum Gasteiger partial charge on any atom is 0.119 e. The molecule has 1 aromatic heterocycles. The van der Waals surface area contributed by atoms with Gasteiger partial charge in [0.25, 0.3) is 0 Å². The van der Waals surface area contributed by atoms with E-state index in [1.54, 1.807) is 14.2 Å². The Morgan fingerprint density at radius 1 is 0.706 bits per heavy atom. The van der Waals surface area contributed by atoms with Crippen LogP contribution in [-0.2, 0) is 6.54 Å². The highest BCUT2D eigenvalue weighted by molar-refractivity contribution is 6.09. The third-order valence-electron chi connectivity index (χ3n) is 6.86. The Hall–Kier alpha value is -2.94. The second-order valence-corrected chi connectivity index (χ2v) is 11.8. The fraction of sp³-hybridized carbons (Fsp3) is 0.419. The van der Waals surface area contributed by atoms with Gasteiger partial charge in [0, 0.05) is 28.4 Å². The Labute approximate surface area is 204 Å². The number of methoxy groups -OCH3 is 2. The number of hydrogen-bond donors (Lipinski definition) is 0. The van der Waals surface area contributed by atoms with Gasteiger partial charge in [-0.25, -0.2) is 0 Å². The Morgan fingerprint density at radius 2 is 1.21 bits per heavy atom. The molecule has 1 atom stereocenters. The topological polar surface area (TPSA) is 23.4 Å². The number of ether oxygens (including phenoxy) is 2. The average molecular weight is 458 g/mol. The predicted molar refractivity (Wildman–Crippen MR) is 144 cm³/mol. The largest absolute Gasteiger partial charge is 0.497 e. The molecular formula is C31H39NO2. The van der Waals surface area contributed by atoms with Gasteiger partial charge in [-0.05, 0) is 70.7 Å². The molecule has 0 spiro atoms. The summed E-state index contributed by atoms with van der Waals surface area (Å²) in [7, 11) is 3.43. The molecular weight excluding hydrogens is 418 g/mol. The summed E-state index contributed by atoms with van der Waals surface area (Å²) in [5.74, 6) is 2.26. The molecule has 0 aliphatic rings. The van der Waals surface area contributed by atoms with E-state index in [-0.39, 0.29) is 5.41 Å². The third kappa shape index (κ3) is 4.94. The van der Waals surface area contributed by atoms with Gasteiger partial charge < -0.3 is 14.0 Å². The first kappa shape index (κ1) is 24.2. The summed E-state index contributed by atoms with van der Waals surface area (Å²) in [6, 6.07) is 21.9. The minimum Gasteiger partial charge on any atom is -0.497 e. The van der Waals surface area contributed by atoms with Gasteiger partial charge in [-0.2, -0.15) is 0 Å². The summed E-state index contributed by atoms with van der Waals surface area (Å²) in [6.07, 6.45) is 1.17. The summed E-state index contributed by atoms with van der Waals surface area (Å²) in [5, 5.41) is 2.37. The van der Waals surface area contributed by atoms with Crippen LogP contribution in [0.4, 0.5) is 0 Å². The van der Waals surface area contributed by atoms with Crippen LogP contribution in [0.1, 0.15) is 65.0 Å². The number of rotatable bonds is 6. The standard InChI is InChI=1S/C31H39NO2/c1-30(2,3)19-27(31(4,5)6)22-11-9-21(10-12-22)20-32-28-15-13-23(33-7)17-25(28)26-18-24(34-8)14-16-29(26)32/h9-18,27H,19-20H2,1-8H3. The van der Waals surface area contributed by atoms with E-state index >= 15 is 0 Å². The molecule has 0 aliphatic heterocycles. The SMILES string of the molecule is COc1ccc2c(c1)c1cc(OC)ccc1n2Cc1ccc(C(CC(C)(C)C)C(C)(C)C)cc1. The lowest BCUT2D eigenvalue weighted by Gasteiger charge is -2.36. The molecule has 0 radical (unpaired) electrons. The molecule has 3 heteroatoms. The van der Waals surface area contributed by atoms with Crippen molar-refractivity contribution in [3.8, 4) is 11.5 Å². The lowest BCUT2D eigenvalue weighted by molar-refractivity contribution is 0.229. The van der Waals surface area contributed by atoms with Crippen molar-refractivity contribution in [2.24, 2.45) is 10.8 Å². The molecule has 0 bridgehead atoms. The van der Waals surface area contributed by atoms with Crippen molar-refractivity contribution >= 4 is 21.8 Å². The van der Waals surface area contributed by atoms with E-state index in [9.17, 15) is 0 Å². The predicted octanol–water partition coefficient (Wildman–Crippen LogP) is 8.43. The summed E-state index contributed by atoms with van der Waals surface area (Å²) in [5.41, 5.74) is 5.66. The Balaban J connectivity index is 1.73. The zero-order valence-electron chi connectivity index (χ0n) is 22.0. The van der Waals surface area contributed by atoms with Crippen LogP contribution in [-0.4, -0.2) is 18.8 Å². The molecule has 1 heterocycles. The lowest BCUT2D eigenvalue weighted by atomic mass is 9.69. The van der Waals surface area contributed by atoms with Crippen LogP contribution >= 0.6 is 0 Å². The number of nitrogens with zero attached hydrogens (tertiary/aromatic N) is 1. The molecule has 4 aromatic rings. The molecule has 34 heavy (non-hydrogen) atoms. The molecule has 0 saturated carbocycles. The van der Waals surface area contributed by atoms with Crippen LogP contribution < -0.4 is 9.47 Å². The smallest absolute Gasteiger partial charge is 0.119 e. The molecule has 0 saturated heterocycles. The van der Waals surface area contributed by atoms with E-state index in [0.717, 1.165) is 18.0 Å². The first-order valence-electron chi connectivity index (χ1n) is 12.2. The van der Waals surface area contributed by atoms with Gasteiger partial charge in [-0.1, -0.05) is 65.8 Å². The fourth-order valence-electron chi connectivity index (χ4n) is 5.06. The monoisotopic (exact) mass is 457 g/mol. The third-order valence-corrected chi connectivity index (χ3v) is 6.86. The van der Waals surface area contributed by atoms with E-state index in [1.807, 2.05) is 12.1 Å². The number of fused-ring (bicyclic) bond motifs is 3. The highest BCUT2D eigenvalue weighted by Gasteiger charge is 2.30. The maximum absolute atomic E-state index is 5.51. The molecule has 1 unspecified atom stereocenters. The molecule has 180 valence electrons. The summed E-state index contributed by atoms with van der Waals surface area (Å²) in [4.78, 5) is 0. The van der Waals surface area contributed by atoms with E-state index in [0.29, 0.717) is 11.3 Å². The van der Waals surface area contributed by atoms with Crippen molar-refractivity contribution in [2.45, 2.75) is 60.4 Å². The second kappa shape index (κ2) is 9.02. The molecule has 4 rings (SSSR count). The minimum atomic E-state index is 0.222. The number of hydrogen-bond acceptors (Lipinski definition) is 2. The van der Waals surface area contributed by atoms with Crippen molar-refractivity contribution in [3.05, 3.63) is 71.8 Å². The average Bonchev–Trinajstić information content (AvgIpc) is 3.09. The van der Waals surface area contributed by atoms with Gasteiger partial charge >= 0.3 is 0 Å². The Bertz CT molecular complexity index is 1220. The molecule has 0 fully saturated rings. The van der Waals surface area contributed by atoms with Crippen LogP contribution in [0.25, 0.3) is 21.8 Å².